The van der Waals surface area contributed by atoms with Crippen LogP contribution < -0.4 is 10.1 Å². The van der Waals surface area contributed by atoms with Gasteiger partial charge in [-0.25, -0.2) is 0 Å². The normalized spacial score (nSPS) is 10.2. The molecule has 1 N–H and O–H groups in total. The molecule has 0 atom stereocenters. The van der Waals surface area contributed by atoms with Gasteiger partial charge in [-0.05, 0) is 54.5 Å². The lowest BCUT2D eigenvalue weighted by molar-refractivity contribution is 0.414. The number of nitrogens with zero attached hydrogens (tertiary/aromatic N) is 1. The van der Waals surface area contributed by atoms with Crippen LogP contribution in [0.1, 0.15) is 11.1 Å². The largest absolute Gasteiger partial charge is 0.497 e. The first kappa shape index (κ1) is 16.6. The molecule has 2 rings (SSSR count). The predicted molar refractivity (Wildman–Crippen MR) is 96.9 cm³/mol. The lowest BCUT2D eigenvalue weighted by atomic mass is 10.2. The lowest BCUT2D eigenvalue weighted by Gasteiger charge is -2.21. The molecule has 0 aliphatic rings. The third-order valence-electron chi connectivity index (χ3n) is 3.35. The molecule has 2 aromatic carbocycles. The second-order valence-corrected chi connectivity index (χ2v) is 5.89. The number of hydrogen-bond acceptors (Lipinski definition) is 2. The average molecular weight is 335 g/mol. The topological polar surface area (TPSA) is 24.5 Å². The smallest absolute Gasteiger partial charge is 0.173 e. The molecular formula is C17H19ClN2OS. The Kier molecular flexibility index (Phi) is 5.63. The van der Waals surface area contributed by atoms with E-state index in [9.17, 15) is 0 Å². The molecule has 3 nitrogen and oxygen atoms in total. The van der Waals surface area contributed by atoms with E-state index in [4.69, 9.17) is 28.6 Å². The molecule has 116 valence electrons. The summed E-state index contributed by atoms with van der Waals surface area (Å²) in [5, 5.41) is 4.58. The first-order valence-electron chi connectivity index (χ1n) is 6.91. The Morgan fingerprint density at radius 3 is 2.50 bits per heavy atom. The summed E-state index contributed by atoms with van der Waals surface area (Å²) in [7, 11) is 3.61. The van der Waals surface area contributed by atoms with E-state index in [2.05, 4.69) is 5.32 Å². The highest BCUT2D eigenvalue weighted by molar-refractivity contribution is 7.80. The Labute approximate surface area is 141 Å². The quantitative estimate of drug-likeness (QED) is 0.833. The summed E-state index contributed by atoms with van der Waals surface area (Å²) >= 11 is 11.6. The van der Waals surface area contributed by atoms with Crippen LogP contribution in [0, 0.1) is 6.92 Å². The zero-order chi connectivity index (χ0) is 16.1. The zero-order valence-electron chi connectivity index (χ0n) is 12.9. The number of halogens is 1. The van der Waals surface area contributed by atoms with Crippen LogP contribution in [0.25, 0.3) is 0 Å². The van der Waals surface area contributed by atoms with Gasteiger partial charge in [0.1, 0.15) is 5.75 Å². The van der Waals surface area contributed by atoms with Gasteiger partial charge in [0.05, 0.1) is 7.11 Å². The van der Waals surface area contributed by atoms with Crippen LogP contribution in [0.4, 0.5) is 5.69 Å². The van der Waals surface area contributed by atoms with Crippen molar-refractivity contribution in [2.24, 2.45) is 0 Å². The number of hydrogen-bond donors (Lipinski definition) is 1. The number of anilines is 1. The van der Waals surface area contributed by atoms with E-state index >= 15 is 0 Å². The van der Waals surface area contributed by atoms with Crippen molar-refractivity contribution in [1.82, 2.24) is 4.90 Å². The summed E-state index contributed by atoms with van der Waals surface area (Å²) in [6, 6.07) is 13.8. The summed E-state index contributed by atoms with van der Waals surface area (Å²) in [5.74, 6) is 0.849. The minimum absolute atomic E-state index is 0.649. The molecule has 0 amide bonds. The van der Waals surface area contributed by atoms with E-state index in [0.717, 1.165) is 34.1 Å². The van der Waals surface area contributed by atoms with Crippen molar-refractivity contribution in [3.63, 3.8) is 0 Å². The molecule has 0 aliphatic heterocycles. The number of ether oxygens (including phenoxy) is 1. The van der Waals surface area contributed by atoms with Crippen molar-refractivity contribution < 1.29 is 4.74 Å². The fraction of sp³-hybridized carbons (Fsp3) is 0.235. The van der Waals surface area contributed by atoms with Crippen LogP contribution >= 0.6 is 23.8 Å². The van der Waals surface area contributed by atoms with Crippen molar-refractivity contribution in [3.8, 4) is 5.75 Å². The molecule has 5 heteroatoms. The van der Waals surface area contributed by atoms with Crippen LogP contribution in [0.5, 0.6) is 5.75 Å². The Morgan fingerprint density at radius 2 is 1.91 bits per heavy atom. The number of nitrogens with one attached hydrogen (secondary N) is 1. The molecule has 2 aromatic rings. The maximum absolute atomic E-state index is 6.13. The second-order valence-electron chi connectivity index (χ2n) is 5.10. The fourth-order valence-corrected chi connectivity index (χ4v) is 2.33. The van der Waals surface area contributed by atoms with E-state index in [1.165, 1.54) is 0 Å². The van der Waals surface area contributed by atoms with Crippen LogP contribution in [0.2, 0.25) is 5.02 Å². The van der Waals surface area contributed by atoms with Gasteiger partial charge in [0.2, 0.25) is 0 Å². The summed E-state index contributed by atoms with van der Waals surface area (Å²) in [6.45, 7) is 2.69. The summed E-state index contributed by atoms with van der Waals surface area (Å²) in [4.78, 5) is 1.98. The summed E-state index contributed by atoms with van der Waals surface area (Å²) in [5.41, 5.74) is 3.10. The number of methoxy groups -OCH3 is 1. The van der Waals surface area contributed by atoms with E-state index in [-0.39, 0.29) is 0 Å². The molecule has 0 heterocycles. The highest BCUT2D eigenvalue weighted by atomic mass is 35.5. The molecule has 0 aliphatic carbocycles. The monoisotopic (exact) mass is 334 g/mol. The highest BCUT2D eigenvalue weighted by Crippen LogP contribution is 2.20. The molecule has 0 saturated heterocycles. The van der Waals surface area contributed by atoms with Gasteiger partial charge >= 0.3 is 0 Å². The predicted octanol–water partition coefficient (Wildman–Crippen LogP) is 4.49. The molecule has 0 aromatic heterocycles. The minimum Gasteiger partial charge on any atom is -0.497 e. The van der Waals surface area contributed by atoms with Gasteiger partial charge < -0.3 is 15.0 Å². The Balaban J connectivity index is 1.97. The maximum atomic E-state index is 6.13. The summed E-state index contributed by atoms with van der Waals surface area (Å²) in [6.07, 6.45) is 0. The molecular weight excluding hydrogens is 316 g/mol. The van der Waals surface area contributed by atoms with Gasteiger partial charge in [0.15, 0.2) is 5.11 Å². The fourth-order valence-electron chi connectivity index (χ4n) is 1.97. The van der Waals surface area contributed by atoms with Gasteiger partial charge in [0.25, 0.3) is 0 Å². The Bertz CT molecular complexity index is 658. The lowest BCUT2D eigenvalue weighted by Crippen LogP contribution is -2.30. The molecule has 0 saturated carbocycles. The molecule has 0 unspecified atom stereocenters. The first-order valence-corrected chi connectivity index (χ1v) is 7.69. The van der Waals surface area contributed by atoms with Crippen LogP contribution in [-0.2, 0) is 6.54 Å². The number of aryl methyl sites for hydroxylation is 1. The SMILES string of the molecule is COc1ccc(CN(C)C(=S)Nc2ccc(C)c(Cl)c2)cc1. The molecule has 0 fully saturated rings. The molecule has 0 spiro atoms. The Morgan fingerprint density at radius 1 is 1.23 bits per heavy atom. The van der Waals surface area contributed by atoms with Gasteiger partial charge in [-0.15, -0.1) is 0 Å². The number of rotatable bonds is 4. The maximum Gasteiger partial charge on any atom is 0.173 e. The number of thiocarbonyl (C=S) groups is 1. The van der Waals surface area contributed by atoms with E-state index in [1.54, 1.807) is 7.11 Å². The van der Waals surface area contributed by atoms with Gasteiger partial charge in [-0.1, -0.05) is 29.8 Å². The average Bonchev–Trinajstić information content (AvgIpc) is 2.51. The highest BCUT2D eigenvalue weighted by Gasteiger charge is 2.07. The van der Waals surface area contributed by atoms with Crippen LogP contribution in [0.3, 0.4) is 0 Å². The zero-order valence-corrected chi connectivity index (χ0v) is 14.5. The van der Waals surface area contributed by atoms with Crippen molar-refractivity contribution in [1.29, 1.82) is 0 Å². The van der Waals surface area contributed by atoms with Gasteiger partial charge in [-0.3, -0.25) is 0 Å². The molecule has 0 bridgehead atoms. The van der Waals surface area contributed by atoms with E-state index < -0.39 is 0 Å². The second kappa shape index (κ2) is 7.47. The van der Waals surface area contributed by atoms with Gasteiger partial charge in [0, 0.05) is 24.3 Å². The minimum atomic E-state index is 0.649. The molecule has 22 heavy (non-hydrogen) atoms. The van der Waals surface area contributed by atoms with Gasteiger partial charge in [-0.2, -0.15) is 0 Å². The van der Waals surface area contributed by atoms with Crippen LogP contribution in [0.15, 0.2) is 42.5 Å². The number of benzene rings is 2. The Hall–Kier alpha value is -1.78. The first-order chi connectivity index (χ1) is 10.5. The molecule has 0 radical (unpaired) electrons. The van der Waals surface area contributed by atoms with Crippen molar-refractivity contribution in [3.05, 3.63) is 58.6 Å². The third kappa shape index (κ3) is 4.36. The summed E-state index contributed by atoms with van der Waals surface area (Å²) < 4.78 is 5.16. The van der Waals surface area contributed by atoms with Crippen LogP contribution in [-0.4, -0.2) is 24.2 Å². The van der Waals surface area contributed by atoms with E-state index in [1.807, 2.05) is 61.3 Å². The third-order valence-corrected chi connectivity index (χ3v) is 4.17. The van der Waals surface area contributed by atoms with Crippen molar-refractivity contribution >= 4 is 34.6 Å². The van der Waals surface area contributed by atoms with Crippen molar-refractivity contribution in [2.45, 2.75) is 13.5 Å². The standard InChI is InChI=1S/C17H19ClN2OS/c1-12-4-7-14(10-16(12)18)19-17(22)20(2)11-13-5-8-15(21-3)9-6-13/h4-10H,11H2,1-3H3,(H,19,22). The van der Waals surface area contributed by atoms with E-state index in [0.29, 0.717) is 5.11 Å². The van der Waals surface area contributed by atoms with Crippen molar-refractivity contribution in [2.75, 3.05) is 19.5 Å².